The number of nitrogens with one attached hydrogen (secondary N) is 3. The summed E-state index contributed by atoms with van der Waals surface area (Å²) in [5.74, 6) is 0.967. The van der Waals surface area contributed by atoms with Crippen LogP contribution in [0.25, 0.3) is 0 Å². The molecule has 3 rings (SSSR count). The minimum Gasteiger partial charge on any atom is -0.377 e. The van der Waals surface area contributed by atoms with Crippen molar-refractivity contribution in [1.82, 2.24) is 10.2 Å². The molecular weight excluding hydrogens is 385 g/mol. The van der Waals surface area contributed by atoms with Crippen LogP contribution in [0.5, 0.6) is 0 Å². The molecule has 8 heteroatoms. The summed E-state index contributed by atoms with van der Waals surface area (Å²) < 4.78 is 0. The largest absolute Gasteiger partial charge is 0.377 e. The summed E-state index contributed by atoms with van der Waals surface area (Å²) in [6.07, 6.45) is 0. The van der Waals surface area contributed by atoms with E-state index in [4.69, 9.17) is 23.2 Å². The summed E-state index contributed by atoms with van der Waals surface area (Å²) in [4.78, 5) is 18.7. The van der Waals surface area contributed by atoms with Crippen molar-refractivity contribution in [3.05, 3.63) is 58.6 Å². The van der Waals surface area contributed by atoms with Gasteiger partial charge in [-0.3, -0.25) is 4.99 Å². The maximum atomic E-state index is 12.0. The molecular formula is C19H21Cl2N5O. The fourth-order valence-corrected chi connectivity index (χ4v) is 3.06. The Morgan fingerprint density at radius 3 is 2.67 bits per heavy atom. The summed E-state index contributed by atoms with van der Waals surface area (Å²) in [5, 5.41) is 10.3. The van der Waals surface area contributed by atoms with E-state index in [9.17, 15) is 4.79 Å². The maximum absolute atomic E-state index is 12.0. The lowest BCUT2D eigenvalue weighted by Crippen LogP contribution is -2.40. The molecule has 27 heavy (non-hydrogen) atoms. The van der Waals surface area contributed by atoms with E-state index in [1.54, 1.807) is 24.3 Å². The second-order valence-electron chi connectivity index (χ2n) is 6.01. The van der Waals surface area contributed by atoms with Crippen LogP contribution >= 0.6 is 23.2 Å². The number of urea groups is 1. The molecule has 6 nitrogen and oxygen atoms in total. The van der Waals surface area contributed by atoms with Crippen molar-refractivity contribution in [2.24, 2.45) is 4.99 Å². The zero-order chi connectivity index (χ0) is 19.1. The highest BCUT2D eigenvalue weighted by Crippen LogP contribution is 2.20. The summed E-state index contributed by atoms with van der Waals surface area (Å²) in [7, 11) is 0. The molecule has 1 heterocycles. The standard InChI is InChI=1S/C19H21Cl2N5O/c20-14-5-7-15(8-6-14)25-19(27)23-10-12-26-11-9-22-18(26)13-24-17-4-2-1-3-16(17)21/h1-8,24H,9-13H2,(H2,23,25,27). The van der Waals surface area contributed by atoms with Crippen molar-refractivity contribution in [2.45, 2.75) is 0 Å². The molecule has 1 aliphatic heterocycles. The third kappa shape index (κ3) is 5.77. The summed E-state index contributed by atoms with van der Waals surface area (Å²) >= 11 is 12.0. The van der Waals surface area contributed by atoms with Crippen molar-refractivity contribution in [1.29, 1.82) is 0 Å². The van der Waals surface area contributed by atoms with Crippen LogP contribution < -0.4 is 16.0 Å². The number of benzene rings is 2. The normalized spacial score (nSPS) is 13.3. The number of aliphatic imine (C=N–C) groups is 1. The van der Waals surface area contributed by atoms with Crippen LogP contribution in [0, 0.1) is 0 Å². The molecule has 2 aromatic rings. The molecule has 142 valence electrons. The summed E-state index contributed by atoms with van der Waals surface area (Å²) in [6, 6.07) is 14.3. The molecule has 0 radical (unpaired) electrons. The van der Waals surface area contributed by atoms with Gasteiger partial charge in [-0.2, -0.15) is 0 Å². The molecule has 0 spiro atoms. The van der Waals surface area contributed by atoms with Gasteiger partial charge in [0.15, 0.2) is 0 Å². The molecule has 3 N–H and O–H groups in total. The van der Waals surface area contributed by atoms with E-state index in [1.807, 2.05) is 24.3 Å². The first-order valence-corrected chi connectivity index (χ1v) is 9.44. The van der Waals surface area contributed by atoms with Crippen LogP contribution in [-0.4, -0.2) is 49.5 Å². The number of halogens is 2. The lowest BCUT2D eigenvalue weighted by Gasteiger charge is -2.21. The van der Waals surface area contributed by atoms with Crippen LogP contribution in [0.2, 0.25) is 10.0 Å². The number of hydrogen-bond donors (Lipinski definition) is 3. The molecule has 0 atom stereocenters. The van der Waals surface area contributed by atoms with Gasteiger partial charge in [-0.05, 0) is 36.4 Å². The van der Waals surface area contributed by atoms with Crippen molar-refractivity contribution in [3.8, 4) is 0 Å². The lowest BCUT2D eigenvalue weighted by molar-refractivity contribution is 0.251. The Balaban J connectivity index is 1.41. The number of amides is 2. The SMILES string of the molecule is O=C(NCCN1CCN=C1CNc1ccccc1Cl)Nc1ccc(Cl)cc1. The van der Waals surface area contributed by atoms with Crippen LogP contribution in [0.3, 0.4) is 0 Å². The number of amidine groups is 1. The van der Waals surface area contributed by atoms with E-state index < -0.39 is 0 Å². The van der Waals surface area contributed by atoms with Crippen molar-refractivity contribution in [2.75, 3.05) is 43.4 Å². The fraction of sp³-hybridized carbons (Fsp3) is 0.263. The molecule has 0 saturated carbocycles. The molecule has 0 aliphatic carbocycles. The molecule has 0 fully saturated rings. The van der Waals surface area contributed by atoms with E-state index in [0.29, 0.717) is 35.4 Å². The quantitative estimate of drug-likeness (QED) is 0.653. The number of nitrogens with zero attached hydrogens (tertiary/aromatic N) is 2. The zero-order valence-corrected chi connectivity index (χ0v) is 16.2. The topological polar surface area (TPSA) is 68.8 Å². The molecule has 1 aliphatic rings. The number of anilines is 2. The van der Waals surface area contributed by atoms with Gasteiger partial charge in [-0.1, -0.05) is 35.3 Å². The number of hydrogen-bond acceptors (Lipinski definition) is 4. The van der Waals surface area contributed by atoms with Gasteiger partial charge in [0.1, 0.15) is 5.84 Å². The average Bonchev–Trinajstić information content (AvgIpc) is 3.10. The smallest absolute Gasteiger partial charge is 0.319 e. The Labute approximate surface area is 168 Å². The van der Waals surface area contributed by atoms with Crippen molar-refractivity contribution >= 4 is 46.4 Å². The molecule has 0 saturated heterocycles. The van der Waals surface area contributed by atoms with Gasteiger partial charge in [0.2, 0.25) is 0 Å². The van der Waals surface area contributed by atoms with E-state index >= 15 is 0 Å². The Kier molecular flexibility index (Phi) is 6.79. The Morgan fingerprint density at radius 1 is 1.11 bits per heavy atom. The Hall–Kier alpha value is -2.44. The second-order valence-corrected chi connectivity index (χ2v) is 6.85. The number of carbonyl (C=O) groups excluding carboxylic acids is 1. The Morgan fingerprint density at radius 2 is 1.89 bits per heavy atom. The van der Waals surface area contributed by atoms with Crippen LogP contribution in [0.4, 0.5) is 16.2 Å². The van der Waals surface area contributed by atoms with E-state index in [1.165, 1.54) is 0 Å². The predicted octanol–water partition coefficient (Wildman–Crippen LogP) is 3.94. The van der Waals surface area contributed by atoms with Crippen LogP contribution in [-0.2, 0) is 0 Å². The van der Waals surface area contributed by atoms with Gasteiger partial charge in [0.05, 0.1) is 23.8 Å². The molecule has 2 aromatic carbocycles. The third-order valence-electron chi connectivity index (χ3n) is 4.11. The molecule has 0 bridgehead atoms. The summed E-state index contributed by atoms with van der Waals surface area (Å²) in [6.45, 7) is 3.42. The van der Waals surface area contributed by atoms with Crippen molar-refractivity contribution < 1.29 is 4.79 Å². The van der Waals surface area contributed by atoms with Gasteiger partial charge < -0.3 is 20.9 Å². The molecule has 0 unspecified atom stereocenters. The summed E-state index contributed by atoms with van der Waals surface area (Å²) in [5.41, 5.74) is 1.58. The number of carbonyl (C=O) groups is 1. The monoisotopic (exact) mass is 405 g/mol. The maximum Gasteiger partial charge on any atom is 0.319 e. The number of rotatable bonds is 7. The van der Waals surface area contributed by atoms with Gasteiger partial charge in [0, 0.05) is 30.3 Å². The van der Waals surface area contributed by atoms with Gasteiger partial charge in [0.25, 0.3) is 0 Å². The third-order valence-corrected chi connectivity index (χ3v) is 4.69. The van der Waals surface area contributed by atoms with Gasteiger partial charge >= 0.3 is 6.03 Å². The molecule has 2 amide bonds. The van der Waals surface area contributed by atoms with Gasteiger partial charge in [-0.25, -0.2) is 4.79 Å². The van der Waals surface area contributed by atoms with Crippen LogP contribution in [0.1, 0.15) is 0 Å². The highest BCUT2D eigenvalue weighted by Gasteiger charge is 2.16. The first-order valence-electron chi connectivity index (χ1n) is 8.69. The second kappa shape index (κ2) is 9.48. The minimum atomic E-state index is -0.246. The van der Waals surface area contributed by atoms with Gasteiger partial charge in [-0.15, -0.1) is 0 Å². The van der Waals surface area contributed by atoms with E-state index in [2.05, 4.69) is 25.8 Å². The average molecular weight is 406 g/mol. The molecule has 0 aromatic heterocycles. The van der Waals surface area contributed by atoms with E-state index in [-0.39, 0.29) is 6.03 Å². The van der Waals surface area contributed by atoms with Crippen LogP contribution in [0.15, 0.2) is 53.5 Å². The minimum absolute atomic E-state index is 0.246. The number of para-hydroxylation sites is 1. The highest BCUT2D eigenvalue weighted by atomic mass is 35.5. The highest BCUT2D eigenvalue weighted by molar-refractivity contribution is 6.33. The first kappa shape index (κ1) is 19.3. The Bertz CT molecular complexity index is 810. The predicted molar refractivity (Wildman–Crippen MR) is 112 cm³/mol. The van der Waals surface area contributed by atoms with E-state index in [0.717, 1.165) is 24.6 Å². The first-order chi connectivity index (χ1) is 13.1. The van der Waals surface area contributed by atoms with Crippen molar-refractivity contribution in [3.63, 3.8) is 0 Å². The lowest BCUT2D eigenvalue weighted by atomic mass is 10.3. The zero-order valence-electron chi connectivity index (χ0n) is 14.7. The fourth-order valence-electron chi connectivity index (χ4n) is 2.73.